The highest BCUT2D eigenvalue weighted by atomic mass is 16.2. The summed E-state index contributed by atoms with van der Waals surface area (Å²) in [5, 5.41) is 7.16. The van der Waals surface area contributed by atoms with E-state index in [9.17, 15) is 4.79 Å². The van der Waals surface area contributed by atoms with E-state index in [4.69, 9.17) is 4.99 Å². The summed E-state index contributed by atoms with van der Waals surface area (Å²) in [6, 6.07) is 9.79. The van der Waals surface area contributed by atoms with E-state index in [-0.39, 0.29) is 5.91 Å². The van der Waals surface area contributed by atoms with Crippen molar-refractivity contribution in [2.24, 2.45) is 4.99 Å². The number of aliphatic imine (C=N–C) groups is 1. The second-order valence-electron chi connectivity index (χ2n) is 9.70. The molecule has 1 amide bonds. The van der Waals surface area contributed by atoms with Crippen molar-refractivity contribution < 1.29 is 4.79 Å². The molecular weight excluding hydrogens is 398 g/mol. The van der Waals surface area contributed by atoms with E-state index in [0.29, 0.717) is 25.6 Å². The number of carbonyl (C=O) groups excluding carboxylic acids is 1. The monoisotopic (exact) mass is 439 g/mol. The predicted octanol–water partition coefficient (Wildman–Crippen LogP) is 3.66. The van der Waals surface area contributed by atoms with E-state index in [1.165, 1.54) is 62.6 Å². The Morgan fingerprint density at radius 3 is 2.69 bits per heavy atom. The summed E-state index contributed by atoms with van der Waals surface area (Å²) >= 11 is 0. The number of carbonyl (C=O) groups is 1. The molecule has 2 aliphatic heterocycles. The number of hydrogen-bond donors (Lipinski definition) is 2. The van der Waals surface area contributed by atoms with Crippen LogP contribution in [0, 0.1) is 0 Å². The van der Waals surface area contributed by atoms with E-state index < -0.39 is 0 Å². The molecule has 4 rings (SSSR count). The molecule has 1 aromatic carbocycles. The Hall–Kier alpha value is -2.08. The first-order valence-electron chi connectivity index (χ1n) is 12.9. The minimum Gasteiger partial charge on any atom is -0.357 e. The quantitative estimate of drug-likeness (QED) is 0.503. The molecule has 0 spiro atoms. The minimum absolute atomic E-state index is 0.279. The molecule has 32 heavy (non-hydrogen) atoms. The lowest BCUT2D eigenvalue weighted by atomic mass is 9.92. The third-order valence-electron chi connectivity index (χ3n) is 7.18. The van der Waals surface area contributed by atoms with E-state index >= 15 is 0 Å². The van der Waals surface area contributed by atoms with Gasteiger partial charge in [0.15, 0.2) is 5.96 Å². The summed E-state index contributed by atoms with van der Waals surface area (Å²) in [6.45, 7) is 7.62. The first-order chi connectivity index (χ1) is 15.7. The van der Waals surface area contributed by atoms with Crippen molar-refractivity contribution >= 4 is 11.9 Å². The van der Waals surface area contributed by atoms with Gasteiger partial charge in [0.05, 0.1) is 6.54 Å². The molecule has 1 saturated carbocycles. The molecule has 176 valence electrons. The van der Waals surface area contributed by atoms with Gasteiger partial charge in [-0.15, -0.1) is 0 Å². The van der Waals surface area contributed by atoms with Gasteiger partial charge in [0.25, 0.3) is 0 Å². The van der Waals surface area contributed by atoms with E-state index in [1.54, 1.807) is 0 Å². The predicted molar refractivity (Wildman–Crippen MR) is 131 cm³/mol. The van der Waals surface area contributed by atoms with Gasteiger partial charge in [-0.05, 0) is 56.7 Å². The molecule has 0 radical (unpaired) electrons. The fourth-order valence-corrected chi connectivity index (χ4v) is 5.50. The fourth-order valence-electron chi connectivity index (χ4n) is 5.50. The SMILES string of the molecule is CCNC(=NCc1cccc(CN2CCCC2=O)c1)NC1CCCN(C2CCCCC2)C1. The third-order valence-corrected chi connectivity index (χ3v) is 7.18. The Morgan fingerprint density at radius 1 is 1.06 bits per heavy atom. The molecular formula is C26H41N5O. The van der Waals surface area contributed by atoms with Gasteiger partial charge in [-0.1, -0.05) is 43.5 Å². The second-order valence-corrected chi connectivity index (χ2v) is 9.70. The van der Waals surface area contributed by atoms with Crippen molar-refractivity contribution in [1.29, 1.82) is 0 Å². The fraction of sp³-hybridized carbons (Fsp3) is 0.692. The lowest BCUT2D eigenvalue weighted by Gasteiger charge is -2.40. The van der Waals surface area contributed by atoms with Crippen LogP contribution in [-0.2, 0) is 17.9 Å². The van der Waals surface area contributed by atoms with E-state index in [1.807, 2.05) is 4.90 Å². The van der Waals surface area contributed by atoms with Gasteiger partial charge in [0.1, 0.15) is 0 Å². The maximum atomic E-state index is 11.9. The van der Waals surface area contributed by atoms with Gasteiger partial charge in [0, 0.05) is 44.7 Å². The maximum Gasteiger partial charge on any atom is 0.222 e. The zero-order valence-corrected chi connectivity index (χ0v) is 19.8. The third kappa shape index (κ3) is 6.47. The van der Waals surface area contributed by atoms with Crippen LogP contribution in [0.4, 0.5) is 0 Å². The van der Waals surface area contributed by atoms with Crippen molar-refractivity contribution in [2.45, 2.75) is 89.9 Å². The van der Waals surface area contributed by atoms with Crippen molar-refractivity contribution in [3.63, 3.8) is 0 Å². The normalized spacial score (nSPS) is 23.5. The van der Waals surface area contributed by atoms with Gasteiger partial charge in [-0.3, -0.25) is 9.69 Å². The van der Waals surface area contributed by atoms with Crippen molar-refractivity contribution in [3.05, 3.63) is 35.4 Å². The average molecular weight is 440 g/mol. The lowest BCUT2D eigenvalue weighted by molar-refractivity contribution is -0.128. The first-order valence-corrected chi connectivity index (χ1v) is 12.9. The number of likely N-dealkylation sites (tertiary alicyclic amines) is 2. The standard InChI is InChI=1S/C26H41N5O/c1-2-27-26(29-23-11-7-15-30(20-23)24-12-4-3-5-13-24)28-18-21-9-6-10-22(17-21)19-31-16-8-14-25(31)32/h6,9-10,17,23-24H,2-5,7-8,11-16,18-20H2,1H3,(H2,27,28,29). The molecule has 0 bridgehead atoms. The highest BCUT2D eigenvalue weighted by molar-refractivity contribution is 5.80. The van der Waals surface area contributed by atoms with Crippen molar-refractivity contribution in [1.82, 2.24) is 20.4 Å². The average Bonchev–Trinajstić information content (AvgIpc) is 3.23. The number of rotatable bonds is 7. The molecule has 6 nitrogen and oxygen atoms in total. The molecule has 6 heteroatoms. The molecule has 3 aliphatic rings. The van der Waals surface area contributed by atoms with Crippen molar-refractivity contribution in [2.75, 3.05) is 26.2 Å². The molecule has 1 unspecified atom stereocenters. The number of nitrogens with one attached hydrogen (secondary N) is 2. The molecule has 0 aromatic heterocycles. The lowest BCUT2D eigenvalue weighted by Crippen LogP contribution is -2.53. The molecule has 2 N–H and O–H groups in total. The number of nitrogens with zero attached hydrogens (tertiary/aromatic N) is 3. The maximum absolute atomic E-state index is 11.9. The molecule has 1 aliphatic carbocycles. The van der Waals surface area contributed by atoms with Gasteiger partial charge in [0.2, 0.25) is 5.91 Å². The first kappa shape index (κ1) is 23.1. The Labute approximate surface area is 193 Å². The van der Waals surface area contributed by atoms with Crippen LogP contribution in [0.2, 0.25) is 0 Å². The summed E-state index contributed by atoms with van der Waals surface area (Å²) in [5.41, 5.74) is 2.39. The van der Waals surface area contributed by atoms with E-state index in [2.05, 4.69) is 46.7 Å². The van der Waals surface area contributed by atoms with Crippen LogP contribution in [0.3, 0.4) is 0 Å². The zero-order chi connectivity index (χ0) is 22.2. The van der Waals surface area contributed by atoms with Crippen molar-refractivity contribution in [3.8, 4) is 0 Å². The molecule has 2 saturated heterocycles. The summed E-state index contributed by atoms with van der Waals surface area (Å²) in [6.07, 6.45) is 11.1. The Kier molecular flexibility index (Phi) is 8.43. The summed E-state index contributed by atoms with van der Waals surface area (Å²) < 4.78 is 0. The van der Waals surface area contributed by atoms with Crippen LogP contribution in [0.15, 0.2) is 29.3 Å². The molecule has 1 atom stereocenters. The largest absolute Gasteiger partial charge is 0.357 e. The number of benzene rings is 1. The van der Waals surface area contributed by atoms with Crippen LogP contribution in [0.5, 0.6) is 0 Å². The van der Waals surface area contributed by atoms with Gasteiger partial charge >= 0.3 is 0 Å². The highest BCUT2D eigenvalue weighted by Gasteiger charge is 2.27. The number of hydrogen-bond acceptors (Lipinski definition) is 3. The van der Waals surface area contributed by atoms with Crippen LogP contribution >= 0.6 is 0 Å². The smallest absolute Gasteiger partial charge is 0.222 e. The van der Waals surface area contributed by atoms with Gasteiger partial charge in [-0.2, -0.15) is 0 Å². The Morgan fingerprint density at radius 2 is 1.91 bits per heavy atom. The summed E-state index contributed by atoms with van der Waals surface area (Å²) in [5.74, 6) is 1.20. The molecule has 3 fully saturated rings. The minimum atomic E-state index is 0.279. The highest BCUT2D eigenvalue weighted by Crippen LogP contribution is 2.25. The number of piperidine rings is 1. The summed E-state index contributed by atoms with van der Waals surface area (Å²) in [7, 11) is 0. The van der Waals surface area contributed by atoms with Crippen LogP contribution in [-0.4, -0.2) is 59.9 Å². The molecule has 1 aromatic rings. The second kappa shape index (κ2) is 11.7. The Balaban J connectivity index is 1.33. The molecule has 2 heterocycles. The van der Waals surface area contributed by atoms with E-state index in [0.717, 1.165) is 38.1 Å². The van der Waals surface area contributed by atoms with Crippen LogP contribution in [0.1, 0.15) is 75.8 Å². The topological polar surface area (TPSA) is 60.0 Å². The number of amides is 1. The summed E-state index contributed by atoms with van der Waals surface area (Å²) in [4.78, 5) is 21.5. The van der Waals surface area contributed by atoms with Crippen LogP contribution in [0.25, 0.3) is 0 Å². The van der Waals surface area contributed by atoms with Crippen LogP contribution < -0.4 is 10.6 Å². The number of guanidine groups is 1. The van der Waals surface area contributed by atoms with Gasteiger partial charge < -0.3 is 15.5 Å². The zero-order valence-electron chi connectivity index (χ0n) is 19.8. The Bertz CT molecular complexity index is 773. The van der Waals surface area contributed by atoms with Gasteiger partial charge in [-0.25, -0.2) is 4.99 Å².